The number of hydrogen-bond acceptors (Lipinski definition) is 4. The number of carbonyl (C=O) groups is 1. The van der Waals surface area contributed by atoms with Crippen LogP contribution in [0.1, 0.15) is 15.9 Å². The van der Waals surface area contributed by atoms with Crippen LogP contribution in [0, 0.1) is 0 Å². The van der Waals surface area contributed by atoms with Crippen LogP contribution >= 0.6 is 0 Å². The number of para-hydroxylation sites is 1. The second-order valence-electron chi connectivity index (χ2n) is 6.80. The van der Waals surface area contributed by atoms with Gasteiger partial charge in [-0.25, -0.2) is 4.98 Å². The molecular formula is C22H22N4O. The number of nitrogens with zero attached hydrogens (tertiary/aromatic N) is 3. The van der Waals surface area contributed by atoms with Crippen molar-refractivity contribution in [2.45, 2.75) is 6.42 Å². The largest absolute Gasteiger partial charge is 0.378 e. The topological polar surface area (TPSA) is 48.5 Å². The number of rotatable bonds is 4. The van der Waals surface area contributed by atoms with E-state index in [0.717, 1.165) is 30.0 Å². The van der Waals surface area contributed by atoms with Gasteiger partial charge in [0.1, 0.15) is 5.82 Å². The summed E-state index contributed by atoms with van der Waals surface area (Å²) in [4.78, 5) is 21.7. The summed E-state index contributed by atoms with van der Waals surface area (Å²) < 4.78 is 0. The van der Waals surface area contributed by atoms with Crippen LogP contribution < -0.4 is 15.1 Å². The molecule has 0 unspecified atom stereocenters. The van der Waals surface area contributed by atoms with E-state index in [1.807, 2.05) is 61.5 Å². The maximum atomic E-state index is 13.0. The number of pyridine rings is 1. The first kappa shape index (κ1) is 17.1. The molecule has 1 N–H and O–H groups in total. The van der Waals surface area contributed by atoms with Crippen LogP contribution in [0.2, 0.25) is 0 Å². The number of fused-ring (bicyclic) bond motifs is 1. The number of hydrogen-bond donors (Lipinski definition) is 1. The molecule has 1 amide bonds. The van der Waals surface area contributed by atoms with Crippen LogP contribution in [0.15, 0.2) is 66.9 Å². The monoisotopic (exact) mass is 358 g/mol. The Morgan fingerprint density at radius 2 is 1.93 bits per heavy atom. The SMILES string of the molecule is CN(C)c1cccc(NC(=O)c2cccnc2N2CCc3ccccc32)c1. The first-order valence-electron chi connectivity index (χ1n) is 9.03. The predicted octanol–water partition coefficient (Wildman–Crippen LogP) is 4.09. The van der Waals surface area contributed by atoms with Gasteiger partial charge in [-0.05, 0) is 48.4 Å². The van der Waals surface area contributed by atoms with E-state index in [2.05, 4.69) is 27.3 Å². The number of anilines is 4. The molecule has 2 heterocycles. The van der Waals surface area contributed by atoms with Gasteiger partial charge in [0.15, 0.2) is 0 Å². The molecule has 0 atom stereocenters. The molecule has 5 heteroatoms. The summed E-state index contributed by atoms with van der Waals surface area (Å²) in [6.07, 6.45) is 2.69. The Morgan fingerprint density at radius 3 is 2.78 bits per heavy atom. The Bertz CT molecular complexity index is 983. The van der Waals surface area contributed by atoms with Crippen molar-refractivity contribution in [2.75, 3.05) is 35.8 Å². The highest BCUT2D eigenvalue weighted by atomic mass is 16.1. The molecular weight excluding hydrogens is 336 g/mol. The van der Waals surface area contributed by atoms with E-state index in [-0.39, 0.29) is 5.91 Å². The zero-order chi connectivity index (χ0) is 18.8. The zero-order valence-electron chi connectivity index (χ0n) is 15.5. The van der Waals surface area contributed by atoms with Crippen molar-refractivity contribution in [3.8, 4) is 0 Å². The van der Waals surface area contributed by atoms with E-state index in [9.17, 15) is 4.79 Å². The normalized spacial score (nSPS) is 12.6. The molecule has 0 bridgehead atoms. The lowest BCUT2D eigenvalue weighted by atomic mass is 10.1. The van der Waals surface area contributed by atoms with Gasteiger partial charge in [0, 0.05) is 43.9 Å². The molecule has 3 aromatic rings. The van der Waals surface area contributed by atoms with Crippen molar-refractivity contribution < 1.29 is 4.79 Å². The molecule has 0 aliphatic carbocycles. The second kappa shape index (κ2) is 7.11. The van der Waals surface area contributed by atoms with Crippen LogP contribution in [-0.2, 0) is 6.42 Å². The molecule has 1 aliphatic heterocycles. The summed E-state index contributed by atoms with van der Waals surface area (Å²) in [6, 6.07) is 19.7. The molecule has 2 aromatic carbocycles. The highest BCUT2D eigenvalue weighted by Gasteiger charge is 2.25. The lowest BCUT2D eigenvalue weighted by molar-refractivity contribution is 0.102. The minimum absolute atomic E-state index is 0.154. The van der Waals surface area contributed by atoms with E-state index in [0.29, 0.717) is 11.4 Å². The van der Waals surface area contributed by atoms with Crippen LogP contribution in [0.4, 0.5) is 22.9 Å². The van der Waals surface area contributed by atoms with Gasteiger partial charge < -0.3 is 15.1 Å². The van der Waals surface area contributed by atoms with E-state index in [4.69, 9.17) is 0 Å². The summed E-state index contributed by atoms with van der Waals surface area (Å²) in [5.41, 5.74) is 4.79. The average molecular weight is 358 g/mol. The molecule has 0 spiro atoms. The van der Waals surface area contributed by atoms with Crippen molar-refractivity contribution in [2.24, 2.45) is 0 Å². The summed E-state index contributed by atoms with van der Waals surface area (Å²) in [5.74, 6) is 0.544. The highest BCUT2D eigenvalue weighted by molar-refractivity contribution is 6.08. The fourth-order valence-electron chi connectivity index (χ4n) is 3.41. The second-order valence-corrected chi connectivity index (χ2v) is 6.80. The summed E-state index contributed by atoms with van der Waals surface area (Å²) in [6.45, 7) is 0.826. The maximum absolute atomic E-state index is 13.0. The number of aromatic nitrogens is 1. The lowest BCUT2D eigenvalue weighted by Crippen LogP contribution is -2.21. The van der Waals surface area contributed by atoms with Crippen LogP contribution in [0.3, 0.4) is 0 Å². The van der Waals surface area contributed by atoms with E-state index < -0.39 is 0 Å². The molecule has 1 aliphatic rings. The molecule has 0 radical (unpaired) electrons. The smallest absolute Gasteiger partial charge is 0.259 e. The summed E-state index contributed by atoms with van der Waals surface area (Å²) in [5, 5.41) is 3.01. The van der Waals surface area contributed by atoms with Crippen LogP contribution in [0.25, 0.3) is 0 Å². The maximum Gasteiger partial charge on any atom is 0.259 e. The Hall–Kier alpha value is -3.34. The predicted molar refractivity (Wildman–Crippen MR) is 110 cm³/mol. The molecule has 0 saturated heterocycles. The molecule has 4 rings (SSSR count). The van der Waals surface area contributed by atoms with E-state index in [1.54, 1.807) is 12.3 Å². The van der Waals surface area contributed by atoms with Gasteiger partial charge in [-0.2, -0.15) is 0 Å². The molecule has 136 valence electrons. The highest BCUT2D eigenvalue weighted by Crippen LogP contribution is 2.35. The van der Waals surface area contributed by atoms with E-state index >= 15 is 0 Å². The van der Waals surface area contributed by atoms with Gasteiger partial charge in [0.25, 0.3) is 5.91 Å². The Kier molecular flexibility index (Phi) is 4.50. The average Bonchev–Trinajstić information content (AvgIpc) is 3.12. The fourth-order valence-corrected chi connectivity index (χ4v) is 3.41. The first-order valence-corrected chi connectivity index (χ1v) is 9.03. The molecule has 0 fully saturated rings. The van der Waals surface area contributed by atoms with Gasteiger partial charge in [0.05, 0.1) is 5.56 Å². The molecule has 0 saturated carbocycles. The zero-order valence-corrected chi connectivity index (χ0v) is 15.5. The standard InChI is InChI=1S/C22H22N4O/c1-25(2)18-9-5-8-17(15-18)24-22(27)19-10-6-13-23-21(19)26-14-12-16-7-3-4-11-20(16)26/h3-11,13,15H,12,14H2,1-2H3,(H,24,27). The Balaban J connectivity index is 1.64. The Labute approximate surface area is 159 Å². The molecule has 27 heavy (non-hydrogen) atoms. The third kappa shape index (κ3) is 3.36. The number of benzene rings is 2. The van der Waals surface area contributed by atoms with Crippen molar-refractivity contribution in [1.29, 1.82) is 0 Å². The Morgan fingerprint density at radius 1 is 1.07 bits per heavy atom. The lowest BCUT2D eigenvalue weighted by Gasteiger charge is -2.21. The van der Waals surface area contributed by atoms with Gasteiger partial charge in [0.2, 0.25) is 0 Å². The van der Waals surface area contributed by atoms with Crippen molar-refractivity contribution in [3.05, 3.63) is 78.0 Å². The van der Waals surface area contributed by atoms with Crippen molar-refractivity contribution >= 4 is 28.8 Å². The third-order valence-corrected chi connectivity index (χ3v) is 4.79. The minimum atomic E-state index is -0.154. The van der Waals surface area contributed by atoms with Gasteiger partial charge in [-0.1, -0.05) is 24.3 Å². The minimum Gasteiger partial charge on any atom is -0.378 e. The molecule has 5 nitrogen and oxygen atoms in total. The van der Waals surface area contributed by atoms with Crippen LogP contribution in [0.5, 0.6) is 0 Å². The number of nitrogens with one attached hydrogen (secondary N) is 1. The number of carbonyl (C=O) groups excluding carboxylic acids is 1. The van der Waals surface area contributed by atoms with Crippen molar-refractivity contribution in [3.63, 3.8) is 0 Å². The molecule has 1 aromatic heterocycles. The van der Waals surface area contributed by atoms with Crippen LogP contribution in [-0.4, -0.2) is 31.5 Å². The number of amides is 1. The van der Waals surface area contributed by atoms with Gasteiger partial charge >= 0.3 is 0 Å². The fraction of sp³-hybridized carbons (Fsp3) is 0.182. The third-order valence-electron chi connectivity index (χ3n) is 4.79. The van der Waals surface area contributed by atoms with Crippen molar-refractivity contribution in [1.82, 2.24) is 4.98 Å². The summed E-state index contributed by atoms with van der Waals surface area (Å²) >= 11 is 0. The van der Waals surface area contributed by atoms with E-state index in [1.165, 1.54) is 5.56 Å². The van der Waals surface area contributed by atoms with Gasteiger partial charge in [-0.15, -0.1) is 0 Å². The quantitative estimate of drug-likeness (QED) is 0.763. The summed E-state index contributed by atoms with van der Waals surface area (Å²) in [7, 11) is 3.95. The van der Waals surface area contributed by atoms with Gasteiger partial charge in [-0.3, -0.25) is 4.79 Å². The first-order chi connectivity index (χ1) is 13.1.